The van der Waals surface area contributed by atoms with Crippen LogP contribution in [0.3, 0.4) is 0 Å². The topological polar surface area (TPSA) is 98.2 Å². The zero-order valence-corrected chi connectivity index (χ0v) is 9.35. The second kappa shape index (κ2) is 4.00. The van der Waals surface area contributed by atoms with Crippen LogP contribution in [0.25, 0.3) is 0 Å². The van der Waals surface area contributed by atoms with Gasteiger partial charge in [0.2, 0.25) is 5.91 Å². The van der Waals surface area contributed by atoms with Crippen molar-refractivity contribution in [3.05, 3.63) is 17.0 Å². The summed E-state index contributed by atoms with van der Waals surface area (Å²) >= 11 is 1.23. The third-order valence-corrected chi connectivity index (χ3v) is 2.57. The van der Waals surface area contributed by atoms with Crippen LogP contribution in [0.5, 0.6) is 0 Å². The summed E-state index contributed by atoms with van der Waals surface area (Å²) in [5.74, 6) is -0.922. The van der Waals surface area contributed by atoms with Crippen molar-refractivity contribution in [2.75, 3.05) is 5.32 Å². The summed E-state index contributed by atoms with van der Waals surface area (Å²) in [5.41, 5.74) is 10.0. The van der Waals surface area contributed by atoms with E-state index in [4.69, 9.17) is 11.5 Å². The number of nitrogens with one attached hydrogen (secondary N) is 1. The summed E-state index contributed by atoms with van der Waals surface area (Å²) in [5, 5.41) is 4.68. The monoisotopic (exact) mass is 227 g/mol. The first-order valence-corrected chi connectivity index (χ1v) is 5.18. The fourth-order valence-corrected chi connectivity index (χ4v) is 1.65. The van der Waals surface area contributed by atoms with Gasteiger partial charge in [0.25, 0.3) is 5.91 Å². The minimum absolute atomic E-state index is 0.303. The molecule has 0 bridgehead atoms. The molecule has 0 spiro atoms. The van der Waals surface area contributed by atoms with Crippen LogP contribution in [0.2, 0.25) is 0 Å². The van der Waals surface area contributed by atoms with Gasteiger partial charge in [-0.25, -0.2) is 0 Å². The van der Waals surface area contributed by atoms with Gasteiger partial charge in [-0.3, -0.25) is 9.59 Å². The van der Waals surface area contributed by atoms with E-state index in [1.165, 1.54) is 11.3 Å². The Morgan fingerprint density at radius 3 is 2.53 bits per heavy atom. The van der Waals surface area contributed by atoms with E-state index in [0.717, 1.165) is 0 Å². The zero-order chi connectivity index (χ0) is 11.6. The molecule has 1 aromatic rings. The van der Waals surface area contributed by atoms with Gasteiger partial charge in [0, 0.05) is 0 Å². The number of carbonyl (C=O) groups is 2. The molecule has 2 amide bonds. The summed E-state index contributed by atoms with van der Waals surface area (Å²) in [4.78, 5) is 22.5. The number of anilines is 1. The summed E-state index contributed by atoms with van der Waals surface area (Å²) in [6.45, 7) is 3.17. The fraction of sp³-hybridized carbons (Fsp3) is 0.333. The number of hydrogen-bond donors (Lipinski definition) is 3. The predicted octanol–water partition coefficient (Wildman–Crippen LogP) is 0.523. The van der Waals surface area contributed by atoms with Crippen molar-refractivity contribution in [1.29, 1.82) is 0 Å². The lowest BCUT2D eigenvalue weighted by Gasteiger charge is -2.17. The van der Waals surface area contributed by atoms with E-state index in [-0.39, 0.29) is 5.91 Å². The van der Waals surface area contributed by atoms with E-state index in [1.807, 2.05) is 0 Å². The Morgan fingerprint density at radius 2 is 2.07 bits per heavy atom. The molecule has 0 saturated carbocycles. The number of carbonyl (C=O) groups excluding carboxylic acids is 2. The molecule has 1 heterocycles. The van der Waals surface area contributed by atoms with Gasteiger partial charge < -0.3 is 16.8 Å². The lowest BCUT2D eigenvalue weighted by molar-refractivity contribution is -0.120. The second-order valence-corrected chi connectivity index (χ2v) is 4.62. The van der Waals surface area contributed by atoms with Crippen molar-refractivity contribution >= 4 is 28.2 Å². The molecule has 6 heteroatoms. The van der Waals surface area contributed by atoms with Crippen molar-refractivity contribution < 1.29 is 9.59 Å². The van der Waals surface area contributed by atoms with Crippen molar-refractivity contribution in [2.45, 2.75) is 19.4 Å². The molecule has 0 radical (unpaired) electrons. The quantitative estimate of drug-likeness (QED) is 0.702. The van der Waals surface area contributed by atoms with Gasteiger partial charge in [-0.15, -0.1) is 11.3 Å². The van der Waals surface area contributed by atoms with Gasteiger partial charge in [0.1, 0.15) is 5.00 Å². The summed E-state index contributed by atoms with van der Waals surface area (Å²) in [7, 11) is 0. The van der Waals surface area contributed by atoms with E-state index >= 15 is 0 Å². The molecule has 0 aromatic carbocycles. The van der Waals surface area contributed by atoms with Gasteiger partial charge in [-0.1, -0.05) is 0 Å². The first-order valence-electron chi connectivity index (χ1n) is 4.30. The standard InChI is InChI=1S/C9H13N3O2S/c1-9(2,11)8(14)12-7-5(6(10)13)3-4-15-7/h3-4H,11H2,1-2H3,(H2,10,13)(H,12,14). The molecule has 0 fully saturated rings. The molecule has 0 aliphatic heterocycles. The van der Waals surface area contributed by atoms with Crippen LogP contribution in [0.15, 0.2) is 11.4 Å². The summed E-state index contributed by atoms with van der Waals surface area (Å²) in [6.07, 6.45) is 0. The first-order chi connectivity index (χ1) is 6.82. The maximum Gasteiger partial charge on any atom is 0.251 e. The van der Waals surface area contributed by atoms with Crippen LogP contribution in [0.4, 0.5) is 5.00 Å². The minimum Gasteiger partial charge on any atom is -0.366 e. The molecule has 0 atom stereocenters. The number of thiophene rings is 1. The average molecular weight is 227 g/mol. The molecule has 0 aliphatic rings. The second-order valence-electron chi connectivity index (χ2n) is 3.70. The van der Waals surface area contributed by atoms with Crippen molar-refractivity contribution in [3.8, 4) is 0 Å². The molecule has 5 nitrogen and oxygen atoms in total. The van der Waals surface area contributed by atoms with Crippen LogP contribution < -0.4 is 16.8 Å². The molecular formula is C9H13N3O2S. The Kier molecular flexibility index (Phi) is 3.11. The Bertz CT molecular complexity index is 392. The van der Waals surface area contributed by atoms with Crippen molar-refractivity contribution in [1.82, 2.24) is 0 Å². The number of primary amides is 1. The Morgan fingerprint density at radius 1 is 1.47 bits per heavy atom. The fourth-order valence-electron chi connectivity index (χ4n) is 0.864. The van der Waals surface area contributed by atoms with Crippen LogP contribution >= 0.6 is 11.3 Å². The number of amides is 2. The molecule has 0 aliphatic carbocycles. The first kappa shape index (κ1) is 11.7. The maximum absolute atomic E-state index is 11.5. The van der Waals surface area contributed by atoms with E-state index in [0.29, 0.717) is 10.6 Å². The van der Waals surface area contributed by atoms with Gasteiger partial charge >= 0.3 is 0 Å². The maximum atomic E-state index is 11.5. The zero-order valence-electron chi connectivity index (χ0n) is 8.53. The lowest BCUT2D eigenvalue weighted by Crippen LogP contribution is -2.45. The predicted molar refractivity (Wildman–Crippen MR) is 59.7 cm³/mol. The molecule has 0 unspecified atom stereocenters. The third kappa shape index (κ3) is 2.77. The smallest absolute Gasteiger partial charge is 0.251 e. The van der Waals surface area contributed by atoms with Gasteiger partial charge in [-0.05, 0) is 25.3 Å². The van der Waals surface area contributed by atoms with E-state index < -0.39 is 11.4 Å². The molecular weight excluding hydrogens is 214 g/mol. The van der Waals surface area contributed by atoms with Crippen LogP contribution in [-0.2, 0) is 4.79 Å². The van der Waals surface area contributed by atoms with Gasteiger partial charge in [0.15, 0.2) is 0 Å². The van der Waals surface area contributed by atoms with Crippen molar-refractivity contribution in [2.24, 2.45) is 11.5 Å². The molecule has 0 saturated heterocycles. The summed E-state index contributed by atoms with van der Waals surface area (Å²) < 4.78 is 0. The molecule has 5 N–H and O–H groups in total. The minimum atomic E-state index is -0.987. The normalized spacial score (nSPS) is 11.1. The largest absolute Gasteiger partial charge is 0.366 e. The number of rotatable bonds is 3. The van der Waals surface area contributed by atoms with Crippen LogP contribution in [0, 0.1) is 0 Å². The highest BCUT2D eigenvalue weighted by Gasteiger charge is 2.23. The van der Waals surface area contributed by atoms with Crippen LogP contribution in [-0.4, -0.2) is 17.4 Å². The highest BCUT2D eigenvalue weighted by molar-refractivity contribution is 7.14. The van der Waals surface area contributed by atoms with Crippen molar-refractivity contribution in [3.63, 3.8) is 0 Å². The number of nitrogens with two attached hydrogens (primary N) is 2. The SMILES string of the molecule is CC(C)(N)C(=O)Nc1sccc1C(N)=O. The number of hydrogen-bond acceptors (Lipinski definition) is 4. The van der Waals surface area contributed by atoms with Gasteiger partial charge in [-0.2, -0.15) is 0 Å². The summed E-state index contributed by atoms with van der Waals surface area (Å²) in [6, 6.07) is 1.56. The molecule has 1 aromatic heterocycles. The Hall–Kier alpha value is -1.40. The average Bonchev–Trinajstić information content (AvgIpc) is 2.50. The van der Waals surface area contributed by atoms with E-state index in [2.05, 4.69) is 5.32 Å². The lowest BCUT2D eigenvalue weighted by atomic mass is 10.1. The van der Waals surface area contributed by atoms with Gasteiger partial charge in [0.05, 0.1) is 11.1 Å². The van der Waals surface area contributed by atoms with E-state index in [9.17, 15) is 9.59 Å². The molecule has 82 valence electrons. The molecule has 15 heavy (non-hydrogen) atoms. The van der Waals surface area contributed by atoms with Crippen LogP contribution in [0.1, 0.15) is 24.2 Å². The Labute approximate surface area is 91.4 Å². The third-order valence-electron chi connectivity index (χ3n) is 1.74. The molecule has 1 rings (SSSR count). The Balaban J connectivity index is 2.86. The highest BCUT2D eigenvalue weighted by atomic mass is 32.1. The van der Waals surface area contributed by atoms with E-state index in [1.54, 1.807) is 25.3 Å². The highest BCUT2D eigenvalue weighted by Crippen LogP contribution is 2.23.